The SMILES string of the molecule is CN=C(NCc1cccc(OC)c1)NC1CCN(C2CCCC2)C1. The molecule has 1 aromatic carbocycles. The van der Waals surface area contributed by atoms with Crippen molar-refractivity contribution >= 4 is 5.96 Å². The second-order valence-electron chi connectivity index (χ2n) is 6.84. The Balaban J connectivity index is 1.46. The lowest BCUT2D eigenvalue weighted by atomic mass is 10.2. The highest BCUT2D eigenvalue weighted by molar-refractivity contribution is 5.80. The predicted molar refractivity (Wildman–Crippen MR) is 98.6 cm³/mol. The predicted octanol–water partition coefficient (Wildman–Crippen LogP) is 2.38. The van der Waals surface area contributed by atoms with Crippen LogP contribution in [0.3, 0.4) is 0 Å². The summed E-state index contributed by atoms with van der Waals surface area (Å²) in [4.78, 5) is 7.04. The Bertz CT molecular complexity index is 554. The average molecular weight is 330 g/mol. The first-order valence-electron chi connectivity index (χ1n) is 9.12. The van der Waals surface area contributed by atoms with Gasteiger partial charge in [-0.1, -0.05) is 25.0 Å². The smallest absolute Gasteiger partial charge is 0.191 e. The van der Waals surface area contributed by atoms with Crippen LogP contribution in [-0.2, 0) is 6.54 Å². The van der Waals surface area contributed by atoms with Crippen LogP contribution in [0.5, 0.6) is 5.75 Å². The Labute approximate surface area is 145 Å². The summed E-state index contributed by atoms with van der Waals surface area (Å²) in [5, 5.41) is 7.00. The molecule has 0 amide bonds. The minimum Gasteiger partial charge on any atom is -0.497 e. The number of rotatable bonds is 5. The van der Waals surface area contributed by atoms with Crippen LogP contribution in [0.25, 0.3) is 0 Å². The maximum absolute atomic E-state index is 5.28. The molecular weight excluding hydrogens is 300 g/mol. The monoisotopic (exact) mass is 330 g/mol. The molecule has 1 aliphatic carbocycles. The van der Waals surface area contributed by atoms with Crippen molar-refractivity contribution in [1.29, 1.82) is 0 Å². The quantitative estimate of drug-likeness (QED) is 0.643. The molecule has 1 unspecified atom stereocenters. The first kappa shape index (κ1) is 17.1. The fourth-order valence-corrected chi connectivity index (χ4v) is 3.86. The topological polar surface area (TPSA) is 48.9 Å². The molecular formula is C19H30N4O. The van der Waals surface area contributed by atoms with Gasteiger partial charge >= 0.3 is 0 Å². The number of ether oxygens (including phenoxy) is 1. The Kier molecular flexibility index (Phi) is 5.96. The van der Waals surface area contributed by atoms with E-state index in [2.05, 4.69) is 32.7 Å². The number of likely N-dealkylation sites (tertiary alicyclic amines) is 1. The normalized spacial score (nSPS) is 22.8. The maximum atomic E-state index is 5.28. The van der Waals surface area contributed by atoms with Crippen molar-refractivity contribution in [3.8, 4) is 5.75 Å². The number of aliphatic imine (C=N–C) groups is 1. The van der Waals surface area contributed by atoms with Gasteiger partial charge in [0.1, 0.15) is 5.75 Å². The summed E-state index contributed by atoms with van der Waals surface area (Å²) in [5.74, 6) is 1.77. The number of methoxy groups -OCH3 is 1. The van der Waals surface area contributed by atoms with E-state index >= 15 is 0 Å². The number of nitrogens with zero attached hydrogens (tertiary/aromatic N) is 2. The lowest BCUT2D eigenvalue weighted by Crippen LogP contribution is -2.45. The summed E-state index contributed by atoms with van der Waals surface area (Å²) in [6.07, 6.45) is 6.79. The minimum atomic E-state index is 0.502. The van der Waals surface area contributed by atoms with Gasteiger partial charge in [-0.15, -0.1) is 0 Å². The van der Waals surface area contributed by atoms with E-state index in [1.165, 1.54) is 44.2 Å². The van der Waals surface area contributed by atoms with Crippen LogP contribution in [-0.4, -0.2) is 50.2 Å². The van der Waals surface area contributed by atoms with Crippen molar-refractivity contribution < 1.29 is 4.74 Å². The zero-order valence-electron chi connectivity index (χ0n) is 14.9. The summed E-state index contributed by atoms with van der Waals surface area (Å²) in [6.45, 7) is 3.11. The van der Waals surface area contributed by atoms with E-state index in [1.54, 1.807) is 7.11 Å². The Morgan fingerprint density at radius 2 is 2.12 bits per heavy atom. The molecule has 24 heavy (non-hydrogen) atoms. The zero-order valence-corrected chi connectivity index (χ0v) is 14.9. The van der Waals surface area contributed by atoms with Crippen LogP contribution in [0, 0.1) is 0 Å². The largest absolute Gasteiger partial charge is 0.497 e. The first-order chi connectivity index (χ1) is 11.8. The molecule has 5 heteroatoms. The number of hydrogen-bond donors (Lipinski definition) is 2. The van der Waals surface area contributed by atoms with E-state index in [4.69, 9.17) is 4.74 Å². The number of hydrogen-bond acceptors (Lipinski definition) is 3. The molecule has 5 nitrogen and oxygen atoms in total. The number of nitrogens with one attached hydrogen (secondary N) is 2. The highest BCUT2D eigenvalue weighted by Crippen LogP contribution is 2.26. The van der Waals surface area contributed by atoms with E-state index in [9.17, 15) is 0 Å². The lowest BCUT2D eigenvalue weighted by molar-refractivity contribution is 0.242. The Morgan fingerprint density at radius 3 is 2.88 bits per heavy atom. The van der Waals surface area contributed by atoms with Crippen LogP contribution in [0.1, 0.15) is 37.7 Å². The van der Waals surface area contributed by atoms with Crippen molar-refractivity contribution in [1.82, 2.24) is 15.5 Å². The van der Waals surface area contributed by atoms with Crippen molar-refractivity contribution in [2.75, 3.05) is 27.2 Å². The van der Waals surface area contributed by atoms with Gasteiger partial charge in [-0.3, -0.25) is 9.89 Å². The van der Waals surface area contributed by atoms with Gasteiger partial charge in [0.25, 0.3) is 0 Å². The van der Waals surface area contributed by atoms with Gasteiger partial charge in [0.05, 0.1) is 7.11 Å². The highest BCUT2D eigenvalue weighted by atomic mass is 16.5. The fourth-order valence-electron chi connectivity index (χ4n) is 3.86. The van der Waals surface area contributed by atoms with E-state index in [0.717, 1.165) is 30.8 Å². The maximum Gasteiger partial charge on any atom is 0.191 e. The molecule has 1 heterocycles. The molecule has 1 atom stereocenters. The lowest BCUT2D eigenvalue weighted by Gasteiger charge is -2.24. The van der Waals surface area contributed by atoms with Gasteiger partial charge in [-0.25, -0.2) is 0 Å². The van der Waals surface area contributed by atoms with E-state index in [-0.39, 0.29) is 0 Å². The van der Waals surface area contributed by atoms with Crippen LogP contribution < -0.4 is 15.4 Å². The molecule has 1 aromatic rings. The second kappa shape index (κ2) is 8.38. The molecule has 2 fully saturated rings. The fraction of sp³-hybridized carbons (Fsp3) is 0.632. The molecule has 0 aromatic heterocycles. The first-order valence-corrected chi connectivity index (χ1v) is 9.12. The minimum absolute atomic E-state index is 0.502. The van der Waals surface area contributed by atoms with Crippen LogP contribution in [0.4, 0.5) is 0 Å². The number of benzene rings is 1. The molecule has 2 N–H and O–H groups in total. The van der Waals surface area contributed by atoms with Crippen molar-refractivity contribution in [2.45, 2.75) is 50.7 Å². The van der Waals surface area contributed by atoms with Gasteiger partial charge in [0, 0.05) is 38.8 Å². The zero-order chi connectivity index (χ0) is 16.8. The summed E-state index contributed by atoms with van der Waals surface area (Å²) in [6, 6.07) is 9.46. The second-order valence-corrected chi connectivity index (χ2v) is 6.84. The third-order valence-electron chi connectivity index (χ3n) is 5.22. The summed E-state index contributed by atoms with van der Waals surface area (Å²) >= 11 is 0. The average Bonchev–Trinajstić information content (AvgIpc) is 3.30. The van der Waals surface area contributed by atoms with E-state index < -0.39 is 0 Å². The van der Waals surface area contributed by atoms with Gasteiger partial charge in [-0.2, -0.15) is 0 Å². The van der Waals surface area contributed by atoms with Crippen molar-refractivity contribution in [2.24, 2.45) is 4.99 Å². The van der Waals surface area contributed by atoms with Gasteiger partial charge < -0.3 is 15.4 Å². The summed E-state index contributed by atoms with van der Waals surface area (Å²) < 4.78 is 5.28. The van der Waals surface area contributed by atoms with Crippen LogP contribution >= 0.6 is 0 Å². The molecule has 0 spiro atoms. The summed E-state index contributed by atoms with van der Waals surface area (Å²) in [7, 11) is 3.54. The van der Waals surface area contributed by atoms with Crippen LogP contribution in [0.2, 0.25) is 0 Å². The third kappa shape index (κ3) is 4.41. The molecule has 0 bridgehead atoms. The summed E-state index contributed by atoms with van der Waals surface area (Å²) in [5.41, 5.74) is 1.19. The van der Waals surface area contributed by atoms with E-state index in [0.29, 0.717) is 6.04 Å². The molecule has 132 valence electrons. The van der Waals surface area contributed by atoms with Gasteiger partial charge in [0.15, 0.2) is 5.96 Å². The van der Waals surface area contributed by atoms with Crippen molar-refractivity contribution in [3.63, 3.8) is 0 Å². The number of guanidine groups is 1. The van der Waals surface area contributed by atoms with E-state index in [1.807, 2.05) is 19.2 Å². The van der Waals surface area contributed by atoms with Crippen molar-refractivity contribution in [3.05, 3.63) is 29.8 Å². The van der Waals surface area contributed by atoms with Crippen LogP contribution in [0.15, 0.2) is 29.3 Å². The molecule has 0 radical (unpaired) electrons. The van der Waals surface area contributed by atoms with Gasteiger partial charge in [0.2, 0.25) is 0 Å². The molecule has 1 saturated carbocycles. The third-order valence-corrected chi connectivity index (χ3v) is 5.22. The molecule has 2 aliphatic rings. The molecule has 1 saturated heterocycles. The highest BCUT2D eigenvalue weighted by Gasteiger charge is 2.30. The molecule has 1 aliphatic heterocycles. The standard InChI is InChI=1S/C19H30N4O/c1-20-19(21-13-15-6-5-9-18(12-15)24-2)22-16-10-11-23(14-16)17-7-3-4-8-17/h5-6,9,12,16-17H,3-4,7-8,10-11,13-14H2,1-2H3,(H2,20,21,22). The Hall–Kier alpha value is -1.75. The van der Waals surface area contributed by atoms with Gasteiger partial charge in [-0.05, 0) is 37.0 Å². The molecule has 3 rings (SSSR count). The Morgan fingerprint density at radius 1 is 1.29 bits per heavy atom.